The molecule has 0 amide bonds. The van der Waals surface area contributed by atoms with Crippen LogP contribution < -0.4 is 4.74 Å². The predicted octanol–water partition coefficient (Wildman–Crippen LogP) is 7.75. The number of fused-ring (bicyclic) bond motifs is 2. The van der Waals surface area contributed by atoms with Crippen LogP contribution in [0.2, 0.25) is 0 Å². The summed E-state index contributed by atoms with van der Waals surface area (Å²) in [7, 11) is -0.239. The Morgan fingerprint density at radius 1 is 0.897 bits per heavy atom. The Balaban J connectivity index is 1.32. The van der Waals surface area contributed by atoms with E-state index >= 15 is 0 Å². The van der Waals surface area contributed by atoms with Gasteiger partial charge in [0.2, 0.25) is 0 Å². The smallest absolute Gasteiger partial charge is 0.345 e. The SMILES string of the molecule is Cc1cc([S+]2c3ccccc3Sc3ccccc32)cc(C)c1OCC(=O)OC(C)(C)C#Cc1cccc(F)c1. The first-order chi connectivity index (χ1) is 18.7. The number of aryl methyl sites for hydroxylation is 2. The largest absolute Gasteiger partial charge is 0.481 e. The molecule has 0 fully saturated rings. The predicted molar refractivity (Wildman–Crippen MR) is 154 cm³/mol. The maximum Gasteiger partial charge on any atom is 0.345 e. The van der Waals surface area contributed by atoms with E-state index < -0.39 is 11.6 Å². The van der Waals surface area contributed by atoms with Gasteiger partial charge in [-0.3, -0.25) is 0 Å². The van der Waals surface area contributed by atoms with Gasteiger partial charge in [-0.1, -0.05) is 53.9 Å². The van der Waals surface area contributed by atoms with Crippen LogP contribution in [0.3, 0.4) is 0 Å². The number of hydrogen-bond acceptors (Lipinski definition) is 4. The maximum absolute atomic E-state index is 13.4. The third kappa shape index (κ3) is 6.16. The first-order valence-corrected chi connectivity index (χ1v) is 14.6. The first kappa shape index (κ1) is 26.9. The molecule has 4 aromatic carbocycles. The van der Waals surface area contributed by atoms with Crippen LogP contribution in [0.15, 0.2) is 109 Å². The fourth-order valence-electron chi connectivity index (χ4n) is 4.41. The summed E-state index contributed by atoms with van der Waals surface area (Å²) in [4.78, 5) is 19.0. The summed E-state index contributed by atoms with van der Waals surface area (Å²) in [5.74, 6) is 5.56. The number of halogens is 1. The van der Waals surface area contributed by atoms with Crippen LogP contribution in [-0.4, -0.2) is 18.2 Å². The van der Waals surface area contributed by atoms with E-state index in [0.29, 0.717) is 11.3 Å². The van der Waals surface area contributed by atoms with Gasteiger partial charge in [0, 0.05) is 17.7 Å². The number of esters is 1. The average molecular weight is 556 g/mol. The van der Waals surface area contributed by atoms with Crippen molar-refractivity contribution in [2.45, 2.75) is 57.8 Å². The zero-order valence-corrected chi connectivity index (χ0v) is 23.8. The molecule has 196 valence electrons. The van der Waals surface area contributed by atoms with Crippen LogP contribution in [0.25, 0.3) is 0 Å². The second-order valence-corrected chi connectivity index (χ2v) is 12.8. The lowest BCUT2D eigenvalue weighted by Crippen LogP contribution is -2.29. The van der Waals surface area contributed by atoms with Gasteiger partial charge in [-0.2, -0.15) is 0 Å². The molecule has 6 heteroatoms. The van der Waals surface area contributed by atoms with E-state index in [1.54, 1.807) is 26.0 Å². The molecule has 4 aromatic rings. The van der Waals surface area contributed by atoms with E-state index in [2.05, 4.69) is 72.5 Å². The minimum atomic E-state index is -1.05. The van der Waals surface area contributed by atoms with Gasteiger partial charge in [-0.05, 0) is 81.3 Å². The van der Waals surface area contributed by atoms with Gasteiger partial charge in [0.05, 0.1) is 9.79 Å². The second-order valence-electron chi connectivity index (χ2n) is 9.72. The molecule has 5 rings (SSSR count). The van der Waals surface area contributed by atoms with Crippen molar-refractivity contribution in [3.8, 4) is 17.6 Å². The number of hydrogen-bond donors (Lipinski definition) is 0. The third-order valence-electron chi connectivity index (χ3n) is 6.06. The van der Waals surface area contributed by atoms with Crippen LogP contribution in [0.1, 0.15) is 30.5 Å². The molecular weight excluding hydrogens is 527 g/mol. The molecule has 1 aliphatic rings. The van der Waals surface area contributed by atoms with Crippen molar-refractivity contribution in [2.24, 2.45) is 0 Å². The van der Waals surface area contributed by atoms with E-state index in [1.165, 1.54) is 36.6 Å². The zero-order valence-electron chi connectivity index (χ0n) is 22.2. The topological polar surface area (TPSA) is 35.5 Å². The van der Waals surface area contributed by atoms with Crippen LogP contribution in [-0.2, 0) is 20.4 Å². The molecule has 0 aromatic heterocycles. The molecular formula is C33H28FO3S2+. The maximum atomic E-state index is 13.4. The summed E-state index contributed by atoms with van der Waals surface area (Å²) >= 11 is 1.82. The standard InChI is InChI=1S/C33H28FO3S2/c1-22-18-26(39-29-14-7-5-12-27(29)38-28-13-6-8-15-30(28)39)19-23(2)32(22)36-21-31(35)37-33(3,4)17-16-24-10-9-11-25(34)20-24/h5-15,18-20H,21H2,1-4H3/q+1. The quantitative estimate of drug-likeness (QED) is 0.126. The molecule has 1 aliphatic heterocycles. The van der Waals surface area contributed by atoms with Gasteiger partial charge < -0.3 is 9.47 Å². The summed E-state index contributed by atoms with van der Waals surface area (Å²) in [6.45, 7) is 7.17. The lowest BCUT2D eigenvalue weighted by molar-refractivity contribution is -0.154. The number of carbonyl (C=O) groups is 1. The number of benzene rings is 4. The monoisotopic (exact) mass is 555 g/mol. The highest BCUT2D eigenvalue weighted by molar-refractivity contribution is 8.04. The van der Waals surface area contributed by atoms with Crippen molar-refractivity contribution in [1.82, 2.24) is 0 Å². The highest BCUT2D eigenvalue weighted by Gasteiger charge is 2.38. The van der Waals surface area contributed by atoms with Crippen molar-refractivity contribution in [1.29, 1.82) is 0 Å². The van der Waals surface area contributed by atoms with Gasteiger partial charge in [-0.15, -0.1) is 0 Å². The summed E-state index contributed by atoms with van der Waals surface area (Å²) in [6.07, 6.45) is 0. The molecule has 0 saturated carbocycles. The lowest BCUT2D eigenvalue weighted by atomic mass is 10.1. The van der Waals surface area contributed by atoms with E-state index in [9.17, 15) is 9.18 Å². The van der Waals surface area contributed by atoms with Crippen molar-refractivity contribution in [3.63, 3.8) is 0 Å². The fourth-order valence-corrected chi connectivity index (χ4v) is 8.33. The lowest BCUT2D eigenvalue weighted by Gasteiger charge is -2.21. The molecule has 0 unspecified atom stereocenters. The Morgan fingerprint density at radius 2 is 1.51 bits per heavy atom. The summed E-state index contributed by atoms with van der Waals surface area (Å²) in [5, 5.41) is 0. The molecule has 0 aliphatic carbocycles. The molecule has 0 saturated heterocycles. The Hall–Kier alpha value is -3.66. The minimum absolute atomic E-state index is 0.236. The van der Waals surface area contributed by atoms with Crippen LogP contribution in [0, 0.1) is 31.5 Å². The van der Waals surface area contributed by atoms with Crippen LogP contribution in [0.4, 0.5) is 4.39 Å². The number of rotatable bonds is 5. The van der Waals surface area contributed by atoms with Crippen molar-refractivity contribution in [2.75, 3.05) is 6.61 Å². The van der Waals surface area contributed by atoms with E-state index in [1.807, 2.05) is 25.6 Å². The first-order valence-electron chi connectivity index (χ1n) is 12.5. The Bertz CT molecular complexity index is 1550. The average Bonchev–Trinajstić information content (AvgIpc) is 2.90. The fraction of sp³-hybridized carbons (Fsp3) is 0.182. The number of carbonyl (C=O) groups excluding carboxylic acids is 1. The Labute approximate surface area is 236 Å². The van der Waals surface area contributed by atoms with E-state index in [4.69, 9.17) is 9.47 Å². The van der Waals surface area contributed by atoms with Crippen LogP contribution >= 0.6 is 11.8 Å². The third-order valence-corrected chi connectivity index (χ3v) is 9.77. The van der Waals surface area contributed by atoms with E-state index in [0.717, 1.165) is 11.1 Å². The summed E-state index contributed by atoms with van der Waals surface area (Å²) in [5.41, 5.74) is 1.39. The minimum Gasteiger partial charge on any atom is -0.481 e. The van der Waals surface area contributed by atoms with Crippen LogP contribution in [0.5, 0.6) is 5.75 Å². The highest BCUT2D eigenvalue weighted by atomic mass is 32.2. The summed E-state index contributed by atoms with van der Waals surface area (Å²) < 4.78 is 24.9. The molecule has 0 N–H and O–H groups in total. The summed E-state index contributed by atoms with van der Waals surface area (Å²) in [6, 6.07) is 27.5. The van der Waals surface area contributed by atoms with Crippen molar-refractivity contribution in [3.05, 3.63) is 107 Å². The second kappa shape index (κ2) is 11.2. The number of ether oxygens (including phenoxy) is 2. The molecule has 39 heavy (non-hydrogen) atoms. The normalized spacial score (nSPS) is 12.5. The Morgan fingerprint density at radius 3 is 2.13 bits per heavy atom. The molecule has 1 heterocycles. The molecule has 0 spiro atoms. The van der Waals surface area contributed by atoms with Crippen molar-refractivity contribution < 1.29 is 18.7 Å². The van der Waals surface area contributed by atoms with Gasteiger partial charge in [0.1, 0.15) is 22.5 Å². The molecule has 0 radical (unpaired) electrons. The Kier molecular flexibility index (Phi) is 7.74. The van der Waals surface area contributed by atoms with Crippen molar-refractivity contribution >= 4 is 28.6 Å². The van der Waals surface area contributed by atoms with Gasteiger partial charge in [0.15, 0.2) is 26.9 Å². The van der Waals surface area contributed by atoms with Gasteiger partial charge >= 0.3 is 5.97 Å². The van der Waals surface area contributed by atoms with Gasteiger partial charge in [0.25, 0.3) is 0 Å². The van der Waals surface area contributed by atoms with Gasteiger partial charge in [-0.25, -0.2) is 9.18 Å². The molecule has 0 atom stereocenters. The highest BCUT2D eigenvalue weighted by Crippen LogP contribution is 2.48. The molecule has 0 bridgehead atoms. The zero-order chi connectivity index (χ0) is 27.6. The molecule has 3 nitrogen and oxygen atoms in total. The van der Waals surface area contributed by atoms with E-state index in [-0.39, 0.29) is 23.3 Å².